The fraction of sp³-hybridized carbons (Fsp3) is 0.611. The van der Waals surface area contributed by atoms with Crippen LogP contribution in [0.5, 0.6) is 0 Å². The molecule has 0 saturated carbocycles. The van der Waals surface area contributed by atoms with Crippen LogP contribution in [0.4, 0.5) is 13.2 Å². The molecule has 0 unspecified atom stereocenters. The molecule has 3 rings (SSSR count). The number of hydrogen-bond donors (Lipinski definition) is 0. The quantitative estimate of drug-likeness (QED) is 0.769. The number of benzene rings is 1. The van der Waals surface area contributed by atoms with E-state index in [1.807, 2.05) is 13.8 Å². The molecule has 1 aromatic heterocycles. The van der Waals surface area contributed by atoms with Crippen LogP contribution in [0.3, 0.4) is 0 Å². The summed E-state index contributed by atoms with van der Waals surface area (Å²) in [7, 11) is 0. The molecule has 0 bridgehead atoms. The van der Waals surface area contributed by atoms with Crippen molar-refractivity contribution in [3.05, 3.63) is 29.2 Å². The molecule has 24 heavy (non-hydrogen) atoms. The molecule has 0 aliphatic carbocycles. The summed E-state index contributed by atoms with van der Waals surface area (Å²) in [5, 5.41) is 0. The van der Waals surface area contributed by atoms with E-state index in [4.69, 9.17) is 4.42 Å². The highest BCUT2D eigenvalue weighted by Gasteiger charge is 2.35. The summed E-state index contributed by atoms with van der Waals surface area (Å²) in [5.41, 5.74) is 0.0718. The van der Waals surface area contributed by atoms with E-state index in [9.17, 15) is 13.2 Å². The summed E-state index contributed by atoms with van der Waals surface area (Å²) < 4.78 is 45.7. The Bertz CT molecular complexity index is 721. The summed E-state index contributed by atoms with van der Waals surface area (Å²) in [6.07, 6.45) is -2.17. The lowest BCUT2D eigenvalue weighted by Gasteiger charge is -2.30. The second-order valence-corrected chi connectivity index (χ2v) is 7.18. The summed E-state index contributed by atoms with van der Waals surface area (Å²) >= 11 is 0. The first kappa shape index (κ1) is 17.3. The second-order valence-electron chi connectivity index (χ2n) is 7.18. The van der Waals surface area contributed by atoms with Crippen LogP contribution >= 0.6 is 0 Å². The van der Waals surface area contributed by atoms with Crippen molar-refractivity contribution in [3.63, 3.8) is 0 Å². The number of aromatic nitrogens is 1. The highest BCUT2D eigenvalue weighted by Crippen LogP contribution is 2.37. The van der Waals surface area contributed by atoms with Crippen molar-refractivity contribution < 1.29 is 17.6 Å². The molecule has 1 saturated heterocycles. The van der Waals surface area contributed by atoms with Crippen LogP contribution in [0, 0.1) is 5.92 Å². The minimum absolute atomic E-state index is 0.0510. The average molecular weight is 340 g/mol. The number of halogens is 3. The van der Waals surface area contributed by atoms with Crippen LogP contribution < -0.4 is 0 Å². The Balaban J connectivity index is 1.99. The van der Waals surface area contributed by atoms with Gasteiger partial charge in [0.2, 0.25) is 0 Å². The van der Waals surface area contributed by atoms with Gasteiger partial charge in [-0.3, -0.25) is 4.90 Å². The third kappa shape index (κ3) is 3.58. The summed E-state index contributed by atoms with van der Waals surface area (Å²) in [5.74, 6) is 0.883. The predicted octanol–water partition coefficient (Wildman–Crippen LogP) is 5.20. The normalized spacial score (nSPS) is 20.2. The molecule has 1 aromatic carbocycles. The summed E-state index contributed by atoms with van der Waals surface area (Å²) in [6.45, 7) is 8.27. The molecular weight excluding hydrogens is 317 g/mol. The van der Waals surface area contributed by atoms with Gasteiger partial charge >= 0.3 is 6.18 Å². The molecule has 3 nitrogen and oxygen atoms in total. The van der Waals surface area contributed by atoms with Crippen molar-refractivity contribution in [3.8, 4) is 0 Å². The molecule has 1 atom stereocenters. The van der Waals surface area contributed by atoms with E-state index >= 15 is 0 Å². The molecule has 0 N–H and O–H groups in total. The van der Waals surface area contributed by atoms with Crippen LogP contribution in [0.25, 0.3) is 11.1 Å². The third-order valence-corrected chi connectivity index (χ3v) is 4.51. The van der Waals surface area contributed by atoms with Gasteiger partial charge in [-0.05, 0) is 43.0 Å². The highest BCUT2D eigenvalue weighted by atomic mass is 19.4. The Morgan fingerprint density at radius 2 is 2.08 bits per heavy atom. The molecule has 2 aromatic rings. The number of alkyl halides is 3. The van der Waals surface area contributed by atoms with Crippen molar-refractivity contribution in [1.29, 1.82) is 0 Å². The van der Waals surface area contributed by atoms with Crippen LogP contribution in [-0.2, 0) is 12.7 Å². The van der Waals surface area contributed by atoms with E-state index in [2.05, 4.69) is 16.8 Å². The van der Waals surface area contributed by atoms with Crippen molar-refractivity contribution in [2.75, 3.05) is 13.1 Å². The maximum absolute atomic E-state index is 13.4. The number of hydrogen-bond acceptors (Lipinski definition) is 3. The first-order valence-corrected chi connectivity index (χ1v) is 8.47. The largest absolute Gasteiger partial charge is 0.440 e. The molecule has 1 aliphatic heterocycles. The zero-order chi connectivity index (χ0) is 17.5. The Kier molecular flexibility index (Phi) is 4.60. The summed E-state index contributed by atoms with van der Waals surface area (Å²) in [6, 6.07) is 2.95. The first-order valence-electron chi connectivity index (χ1n) is 8.47. The van der Waals surface area contributed by atoms with Gasteiger partial charge in [0.25, 0.3) is 0 Å². The molecule has 0 spiro atoms. The minimum atomic E-state index is -4.45. The molecule has 1 fully saturated rings. The summed E-state index contributed by atoms with van der Waals surface area (Å²) in [4.78, 5) is 6.49. The van der Waals surface area contributed by atoms with E-state index < -0.39 is 11.7 Å². The van der Waals surface area contributed by atoms with Gasteiger partial charge in [-0.2, -0.15) is 13.2 Å². The Labute approximate surface area is 139 Å². The number of nitrogens with zero attached hydrogens (tertiary/aromatic N) is 2. The standard InChI is InChI=1S/C18H23F3N2O/c1-11(2)17-22-15-8-13(10-23-6-4-5-12(3)9-23)7-14(16(15)24-17)18(19,20)21/h7-8,11-12H,4-6,9-10H2,1-3H3/t12-/m0/s1. The van der Waals surface area contributed by atoms with E-state index in [0.29, 0.717) is 29.4 Å². The van der Waals surface area contributed by atoms with Gasteiger partial charge in [-0.25, -0.2) is 4.98 Å². The maximum Gasteiger partial charge on any atom is 0.420 e. The fourth-order valence-corrected chi connectivity index (χ4v) is 3.35. The number of piperidine rings is 1. The van der Waals surface area contributed by atoms with E-state index in [-0.39, 0.29) is 11.5 Å². The molecule has 132 valence electrons. The number of rotatable bonds is 3. The molecule has 6 heteroatoms. The molecule has 1 aliphatic rings. The lowest BCUT2D eigenvalue weighted by atomic mass is 9.99. The zero-order valence-electron chi connectivity index (χ0n) is 14.3. The average Bonchev–Trinajstić information content (AvgIpc) is 2.89. The number of fused-ring (bicyclic) bond motifs is 1. The monoisotopic (exact) mass is 340 g/mol. The van der Waals surface area contributed by atoms with Gasteiger partial charge in [0.1, 0.15) is 11.1 Å². The van der Waals surface area contributed by atoms with Crippen molar-refractivity contribution in [1.82, 2.24) is 9.88 Å². The van der Waals surface area contributed by atoms with Gasteiger partial charge in [-0.15, -0.1) is 0 Å². The van der Waals surface area contributed by atoms with E-state index in [1.54, 1.807) is 6.07 Å². The van der Waals surface area contributed by atoms with Gasteiger partial charge in [0.15, 0.2) is 11.5 Å². The molecular formula is C18H23F3N2O. The van der Waals surface area contributed by atoms with E-state index in [0.717, 1.165) is 19.5 Å². The van der Waals surface area contributed by atoms with Gasteiger partial charge in [-0.1, -0.05) is 20.8 Å². The highest BCUT2D eigenvalue weighted by molar-refractivity contribution is 5.78. The number of oxazole rings is 1. The van der Waals surface area contributed by atoms with Crippen LogP contribution in [-0.4, -0.2) is 23.0 Å². The lowest BCUT2D eigenvalue weighted by molar-refractivity contribution is -0.136. The van der Waals surface area contributed by atoms with Crippen molar-refractivity contribution in [2.45, 2.75) is 52.3 Å². The van der Waals surface area contributed by atoms with E-state index in [1.165, 1.54) is 12.5 Å². The SMILES string of the molecule is CC(C)c1nc2cc(CN3CCC[C@H](C)C3)cc(C(F)(F)F)c2o1. The van der Waals surface area contributed by atoms with Crippen LogP contribution in [0.15, 0.2) is 16.5 Å². The second kappa shape index (κ2) is 6.39. The Morgan fingerprint density at radius 1 is 1.33 bits per heavy atom. The van der Waals surface area contributed by atoms with Crippen molar-refractivity contribution >= 4 is 11.1 Å². The van der Waals surface area contributed by atoms with Gasteiger partial charge in [0.05, 0.1) is 0 Å². The van der Waals surface area contributed by atoms with Gasteiger partial charge < -0.3 is 4.42 Å². The number of likely N-dealkylation sites (tertiary alicyclic amines) is 1. The Morgan fingerprint density at radius 3 is 2.71 bits per heavy atom. The van der Waals surface area contributed by atoms with Crippen LogP contribution in [0.2, 0.25) is 0 Å². The first-order chi connectivity index (χ1) is 11.2. The zero-order valence-corrected chi connectivity index (χ0v) is 14.3. The third-order valence-electron chi connectivity index (χ3n) is 4.51. The predicted molar refractivity (Wildman–Crippen MR) is 86.8 cm³/mol. The lowest BCUT2D eigenvalue weighted by Crippen LogP contribution is -2.33. The smallest absolute Gasteiger partial charge is 0.420 e. The molecule has 2 heterocycles. The Hall–Kier alpha value is -1.56. The van der Waals surface area contributed by atoms with Crippen molar-refractivity contribution in [2.24, 2.45) is 5.92 Å². The topological polar surface area (TPSA) is 29.3 Å². The van der Waals surface area contributed by atoms with Gasteiger partial charge in [0, 0.05) is 19.0 Å². The molecule has 0 amide bonds. The maximum atomic E-state index is 13.4. The molecule has 0 radical (unpaired) electrons. The van der Waals surface area contributed by atoms with Crippen LogP contribution in [0.1, 0.15) is 56.5 Å². The fourth-order valence-electron chi connectivity index (χ4n) is 3.35. The minimum Gasteiger partial charge on any atom is -0.440 e.